The number of hydrogen-bond acceptors (Lipinski definition) is 5. The van der Waals surface area contributed by atoms with Crippen molar-refractivity contribution in [2.45, 2.75) is 45.7 Å². The minimum absolute atomic E-state index is 0. The number of nitrogens with one attached hydrogen (secondary N) is 1. The zero-order valence-electron chi connectivity index (χ0n) is 22.3. The highest BCUT2D eigenvalue weighted by molar-refractivity contribution is 5.95. The molecule has 3 N–H and O–H groups in total. The van der Waals surface area contributed by atoms with Crippen molar-refractivity contribution in [3.63, 3.8) is 0 Å². The number of carbonyl (C=O) groups excluding carboxylic acids is 1. The zero-order chi connectivity index (χ0) is 26.6. The number of hydrogen-bond donors (Lipinski definition) is 2. The molecule has 0 saturated carbocycles. The standard InChI is InChI=1S/C30H37N3O4.ClH/c1-22(2)33(21-23-10-6-4-7-11-23)30(34)25-14-17-27(28(20-25)35-3)37-19-9-5-8-18-36-26-15-12-24(13-16-26)29(31)32;/h4,6-7,10-17,20,22H,5,8-9,18-19,21H2,1-3H3,(H3,31,32);1H. The van der Waals surface area contributed by atoms with Gasteiger partial charge in [-0.2, -0.15) is 0 Å². The number of halogens is 1. The maximum atomic E-state index is 13.3. The van der Waals surface area contributed by atoms with Gasteiger partial charge in [-0.25, -0.2) is 0 Å². The van der Waals surface area contributed by atoms with E-state index in [0.29, 0.717) is 42.4 Å². The van der Waals surface area contributed by atoms with Crippen LogP contribution in [0.1, 0.15) is 54.6 Å². The first-order valence-electron chi connectivity index (χ1n) is 12.6. The van der Waals surface area contributed by atoms with Gasteiger partial charge in [-0.05, 0) is 81.1 Å². The smallest absolute Gasteiger partial charge is 0.254 e. The maximum absolute atomic E-state index is 13.3. The monoisotopic (exact) mass is 539 g/mol. The lowest BCUT2D eigenvalue weighted by atomic mass is 10.1. The minimum atomic E-state index is -0.0420. The number of nitrogen functional groups attached to an aromatic ring is 1. The van der Waals surface area contributed by atoms with Gasteiger partial charge in [0.2, 0.25) is 0 Å². The van der Waals surface area contributed by atoms with E-state index in [-0.39, 0.29) is 30.2 Å². The summed E-state index contributed by atoms with van der Waals surface area (Å²) in [4.78, 5) is 15.1. The fraction of sp³-hybridized carbons (Fsp3) is 0.333. The Hall–Kier alpha value is -3.71. The van der Waals surface area contributed by atoms with Crippen LogP contribution in [0.25, 0.3) is 0 Å². The van der Waals surface area contributed by atoms with Crippen LogP contribution in [0.2, 0.25) is 0 Å². The van der Waals surface area contributed by atoms with E-state index in [1.165, 1.54) is 0 Å². The molecule has 0 atom stereocenters. The molecule has 0 aliphatic heterocycles. The number of rotatable bonds is 14. The maximum Gasteiger partial charge on any atom is 0.254 e. The summed E-state index contributed by atoms with van der Waals surface area (Å²) in [6.07, 6.45) is 2.72. The predicted molar refractivity (Wildman–Crippen MR) is 154 cm³/mol. The molecule has 8 heteroatoms. The number of methoxy groups -OCH3 is 1. The molecule has 0 unspecified atom stereocenters. The van der Waals surface area contributed by atoms with Gasteiger partial charge in [0.15, 0.2) is 11.5 Å². The first-order chi connectivity index (χ1) is 17.9. The number of carbonyl (C=O) groups is 1. The molecule has 0 aliphatic carbocycles. The summed E-state index contributed by atoms with van der Waals surface area (Å²) in [5.74, 6) is 1.94. The number of benzene rings is 3. The largest absolute Gasteiger partial charge is 0.494 e. The molecule has 0 radical (unpaired) electrons. The van der Waals surface area contributed by atoms with Crippen molar-refractivity contribution in [3.8, 4) is 17.2 Å². The first kappa shape index (κ1) is 30.5. The Morgan fingerprint density at radius 1 is 0.868 bits per heavy atom. The summed E-state index contributed by atoms with van der Waals surface area (Å²) in [6, 6.07) is 22.6. The minimum Gasteiger partial charge on any atom is -0.494 e. The van der Waals surface area contributed by atoms with E-state index in [1.54, 1.807) is 37.4 Å². The Morgan fingerprint density at radius 3 is 2.11 bits per heavy atom. The third kappa shape index (κ3) is 8.99. The van der Waals surface area contributed by atoms with Crippen molar-refractivity contribution in [2.75, 3.05) is 20.3 Å². The van der Waals surface area contributed by atoms with Gasteiger partial charge in [0.25, 0.3) is 5.91 Å². The summed E-state index contributed by atoms with van der Waals surface area (Å²) in [7, 11) is 1.58. The van der Waals surface area contributed by atoms with Crippen LogP contribution in [-0.4, -0.2) is 43.0 Å². The lowest BCUT2D eigenvalue weighted by molar-refractivity contribution is 0.0690. The average molecular weight is 540 g/mol. The molecule has 0 saturated heterocycles. The van der Waals surface area contributed by atoms with Crippen LogP contribution >= 0.6 is 12.4 Å². The Labute approximate surface area is 231 Å². The molecule has 0 aliphatic rings. The second-order valence-corrected chi connectivity index (χ2v) is 9.07. The Kier molecular flexibility index (Phi) is 12.5. The van der Waals surface area contributed by atoms with Crippen molar-refractivity contribution in [2.24, 2.45) is 5.73 Å². The Morgan fingerprint density at radius 2 is 1.50 bits per heavy atom. The second kappa shape index (κ2) is 15.5. The highest BCUT2D eigenvalue weighted by Gasteiger charge is 2.20. The van der Waals surface area contributed by atoms with Crippen molar-refractivity contribution in [3.05, 3.63) is 89.5 Å². The molecule has 0 bridgehead atoms. The van der Waals surface area contributed by atoms with Gasteiger partial charge in [-0.15, -0.1) is 12.4 Å². The highest BCUT2D eigenvalue weighted by atomic mass is 35.5. The Bertz CT molecular complexity index is 1150. The third-order valence-corrected chi connectivity index (χ3v) is 5.97. The molecule has 3 rings (SSSR count). The van der Waals surface area contributed by atoms with E-state index in [2.05, 4.69) is 0 Å². The van der Waals surface area contributed by atoms with E-state index < -0.39 is 0 Å². The molecule has 0 fully saturated rings. The summed E-state index contributed by atoms with van der Waals surface area (Å²) in [5.41, 5.74) is 7.81. The van der Waals surface area contributed by atoms with Gasteiger partial charge in [0.05, 0.1) is 20.3 Å². The summed E-state index contributed by atoms with van der Waals surface area (Å²) in [6.45, 7) is 5.74. The molecule has 204 valence electrons. The zero-order valence-corrected chi connectivity index (χ0v) is 23.1. The molecule has 7 nitrogen and oxygen atoms in total. The number of amidine groups is 1. The van der Waals surface area contributed by atoms with Crippen LogP contribution in [0.5, 0.6) is 17.2 Å². The SMILES string of the molecule is COc1cc(C(=O)N(Cc2ccccc2)C(C)C)ccc1OCCCCCOc1ccc(C(=N)N)cc1.Cl. The van der Waals surface area contributed by atoms with Gasteiger partial charge in [-0.1, -0.05) is 30.3 Å². The topological polar surface area (TPSA) is 97.9 Å². The number of nitrogens with two attached hydrogens (primary N) is 1. The average Bonchev–Trinajstić information content (AvgIpc) is 2.91. The van der Waals surface area contributed by atoms with E-state index in [4.69, 9.17) is 25.4 Å². The summed E-state index contributed by atoms with van der Waals surface area (Å²) < 4.78 is 17.2. The predicted octanol–water partition coefficient (Wildman–Crippen LogP) is 6.08. The van der Waals surface area contributed by atoms with Crippen LogP contribution in [0.4, 0.5) is 0 Å². The fourth-order valence-electron chi connectivity index (χ4n) is 3.84. The van der Waals surface area contributed by atoms with Crippen molar-refractivity contribution in [1.82, 2.24) is 4.90 Å². The number of amides is 1. The lowest BCUT2D eigenvalue weighted by Gasteiger charge is -2.27. The molecule has 38 heavy (non-hydrogen) atoms. The third-order valence-electron chi connectivity index (χ3n) is 5.97. The van der Waals surface area contributed by atoms with Gasteiger partial charge in [-0.3, -0.25) is 10.2 Å². The van der Waals surface area contributed by atoms with E-state index >= 15 is 0 Å². The molecule has 0 aromatic heterocycles. The van der Waals surface area contributed by atoms with E-state index in [1.807, 2.05) is 61.2 Å². The molecular weight excluding hydrogens is 502 g/mol. The van der Waals surface area contributed by atoms with Crippen LogP contribution < -0.4 is 19.9 Å². The van der Waals surface area contributed by atoms with Crippen LogP contribution in [0.3, 0.4) is 0 Å². The molecule has 0 spiro atoms. The number of nitrogens with zero attached hydrogens (tertiary/aromatic N) is 1. The molecular formula is C30H38ClN3O4. The molecule has 1 amide bonds. The number of ether oxygens (including phenoxy) is 3. The van der Waals surface area contributed by atoms with Crippen LogP contribution in [0.15, 0.2) is 72.8 Å². The van der Waals surface area contributed by atoms with Gasteiger partial charge >= 0.3 is 0 Å². The summed E-state index contributed by atoms with van der Waals surface area (Å²) in [5, 5.41) is 7.43. The summed E-state index contributed by atoms with van der Waals surface area (Å²) >= 11 is 0. The van der Waals surface area contributed by atoms with Gasteiger partial charge in [0.1, 0.15) is 11.6 Å². The lowest BCUT2D eigenvalue weighted by Crippen LogP contribution is -2.36. The van der Waals surface area contributed by atoms with E-state index in [0.717, 1.165) is 30.6 Å². The fourth-order valence-corrected chi connectivity index (χ4v) is 3.84. The Balaban J connectivity index is 0.00000507. The second-order valence-electron chi connectivity index (χ2n) is 9.07. The quantitative estimate of drug-likeness (QED) is 0.147. The molecule has 3 aromatic rings. The van der Waals surface area contributed by atoms with Crippen LogP contribution in [-0.2, 0) is 6.54 Å². The van der Waals surface area contributed by atoms with Crippen molar-refractivity contribution >= 4 is 24.1 Å². The molecule has 3 aromatic carbocycles. The van der Waals surface area contributed by atoms with E-state index in [9.17, 15) is 4.79 Å². The number of unbranched alkanes of at least 4 members (excludes halogenated alkanes) is 2. The van der Waals surface area contributed by atoms with Crippen LogP contribution in [0, 0.1) is 5.41 Å². The van der Waals surface area contributed by atoms with Crippen molar-refractivity contribution < 1.29 is 19.0 Å². The highest BCUT2D eigenvalue weighted by Crippen LogP contribution is 2.29. The first-order valence-corrected chi connectivity index (χ1v) is 12.6. The van der Waals surface area contributed by atoms with Crippen molar-refractivity contribution in [1.29, 1.82) is 5.41 Å². The van der Waals surface area contributed by atoms with Gasteiger partial charge < -0.3 is 24.8 Å². The molecule has 0 heterocycles. The van der Waals surface area contributed by atoms with Gasteiger partial charge in [0, 0.05) is 23.7 Å². The normalized spacial score (nSPS) is 10.4.